The average Bonchev–Trinajstić information content (AvgIpc) is 3.36. The van der Waals surface area contributed by atoms with E-state index in [0.717, 1.165) is 39.8 Å². The fourth-order valence-corrected chi connectivity index (χ4v) is 4.78. The van der Waals surface area contributed by atoms with Crippen molar-refractivity contribution in [1.29, 1.82) is 0 Å². The number of hydrogen-bond acceptors (Lipinski definition) is 7. The molecular formula is C27H30N6O2. The van der Waals surface area contributed by atoms with Gasteiger partial charge in [0.25, 0.3) is 0 Å². The highest BCUT2D eigenvalue weighted by molar-refractivity contribution is 5.98. The van der Waals surface area contributed by atoms with E-state index in [-0.39, 0.29) is 24.2 Å². The molecular weight excluding hydrogens is 440 g/mol. The highest BCUT2D eigenvalue weighted by Gasteiger charge is 2.32. The van der Waals surface area contributed by atoms with E-state index in [1.54, 1.807) is 18.5 Å². The summed E-state index contributed by atoms with van der Waals surface area (Å²) >= 11 is 0. The van der Waals surface area contributed by atoms with Crippen LogP contribution in [0.25, 0.3) is 22.0 Å². The van der Waals surface area contributed by atoms with E-state index >= 15 is 0 Å². The van der Waals surface area contributed by atoms with Gasteiger partial charge in [0.15, 0.2) is 5.78 Å². The average molecular weight is 471 g/mol. The molecule has 0 amide bonds. The van der Waals surface area contributed by atoms with Crippen molar-refractivity contribution in [1.82, 2.24) is 19.7 Å². The third-order valence-corrected chi connectivity index (χ3v) is 6.80. The number of rotatable bonds is 6. The molecule has 0 radical (unpaired) electrons. The van der Waals surface area contributed by atoms with Crippen LogP contribution >= 0.6 is 0 Å². The summed E-state index contributed by atoms with van der Waals surface area (Å²) in [5, 5.41) is 15.6. The van der Waals surface area contributed by atoms with Crippen molar-refractivity contribution in [2.75, 3.05) is 18.0 Å². The third-order valence-electron chi connectivity index (χ3n) is 6.80. The Kier molecular flexibility index (Phi) is 6.32. The number of carbonyl (C=O) groups excluding carboxylic acids is 1. The molecule has 1 aromatic carbocycles. The van der Waals surface area contributed by atoms with Crippen LogP contribution in [0, 0.1) is 5.92 Å². The van der Waals surface area contributed by atoms with Crippen LogP contribution in [0.4, 0.5) is 5.69 Å². The first-order valence-electron chi connectivity index (χ1n) is 12.0. The van der Waals surface area contributed by atoms with E-state index in [0.29, 0.717) is 18.8 Å². The Morgan fingerprint density at radius 1 is 1.14 bits per heavy atom. The zero-order valence-corrected chi connectivity index (χ0v) is 20.0. The van der Waals surface area contributed by atoms with Gasteiger partial charge in [-0.25, -0.2) is 4.98 Å². The molecule has 4 heterocycles. The first kappa shape index (κ1) is 23.1. The number of aliphatic hydroxyl groups is 1. The summed E-state index contributed by atoms with van der Waals surface area (Å²) in [5.41, 5.74) is 11.2. The molecule has 180 valence electrons. The maximum absolute atomic E-state index is 13.3. The van der Waals surface area contributed by atoms with E-state index in [2.05, 4.69) is 15.0 Å². The number of fused-ring (bicyclic) bond motifs is 1. The summed E-state index contributed by atoms with van der Waals surface area (Å²) in [4.78, 5) is 24.4. The molecule has 3 atom stereocenters. The van der Waals surface area contributed by atoms with E-state index in [9.17, 15) is 9.90 Å². The Bertz CT molecular complexity index is 1350. The van der Waals surface area contributed by atoms with Crippen molar-refractivity contribution in [2.45, 2.75) is 39.0 Å². The van der Waals surface area contributed by atoms with Crippen LogP contribution in [0.15, 0.2) is 61.2 Å². The van der Waals surface area contributed by atoms with Gasteiger partial charge >= 0.3 is 0 Å². The van der Waals surface area contributed by atoms with Crippen LogP contribution in [-0.2, 0) is 13.0 Å². The Labute approximate surface area is 204 Å². The number of anilines is 1. The van der Waals surface area contributed by atoms with E-state index < -0.39 is 6.10 Å². The Balaban J connectivity index is 1.40. The number of hydrogen-bond donors (Lipinski definition) is 2. The van der Waals surface area contributed by atoms with Gasteiger partial charge in [0.1, 0.15) is 5.69 Å². The quantitative estimate of drug-likeness (QED) is 0.417. The molecule has 8 heteroatoms. The number of pyridine rings is 2. The number of aryl methyl sites for hydroxylation is 1. The van der Waals surface area contributed by atoms with Crippen molar-refractivity contribution in [3.63, 3.8) is 0 Å². The van der Waals surface area contributed by atoms with Gasteiger partial charge in [-0.15, -0.1) is 0 Å². The van der Waals surface area contributed by atoms with Gasteiger partial charge in [0.05, 0.1) is 17.8 Å². The lowest BCUT2D eigenvalue weighted by atomic mass is 9.92. The van der Waals surface area contributed by atoms with Crippen molar-refractivity contribution >= 4 is 22.4 Å². The highest BCUT2D eigenvalue weighted by Crippen LogP contribution is 2.27. The molecule has 1 saturated heterocycles. The van der Waals surface area contributed by atoms with Crippen LogP contribution in [0.3, 0.4) is 0 Å². The predicted octanol–water partition coefficient (Wildman–Crippen LogP) is 3.08. The summed E-state index contributed by atoms with van der Waals surface area (Å²) in [7, 11) is 0. The molecule has 5 rings (SSSR count). The Hall–Kier alpha value is -3.62. The van der Waals surface area contributed by atoms with Gasteiger partial charge in [-0.3, -0.25) is 14.5 Å². The number of piperidine rings is 1. The van der Waals surface area contributed by atoms with E-state index in [4.69, 9.17) is 10.7 Å². The van der Waals surface area contributed by atoms with Crippen molar-refractivity contribution in [3.8, 4) is 11.1 Å². The minimum Gasteiger partial charge on any atom is -0.391 e. The topological polar surface area (TPSA) is 110 Å². The second kappa shape index (κ2) is 9.56. The molecule has 1 aliphatic heterocycles. The summed E-state index contributed by atoms with van der Waals surface area (Å²) in [5.74, 6) is -0.0315. The first-order chi connectivity index (χ1) is 16.9. The molecule has 0 unspecified atom stereocenters. The van der Waals surface area contributed by atoms with Crippen molar-refractivity contribution in [3.05, 3.63) is 72.4 Å². The molecule has 8 nitrogen and oxygen atoms in total. The summed E-state index contributed by atoms with van der Waals surface area (Å²) in [6.45, 7) is 6.05. The van der Waals surface area contributed by atoms with Gasteiger partial charge < -0.3 is 15.7 Å². The minimum atomic E-state index is -0.527. The van der Waals surface area contributed by atoms with Gasteiger partial charge in [-0.2, -0.15) is 5.10 Å². The zero-order valence-electron chi connectivity index (χ0n) is 20.0. The number of ketones is 1. The maximum Gasteiger partial charge on any atom is 0.185 e. The summed E-state index contributed by atoms with van der Waals surface area (Å²) in [6.07, 6.45) is 6.97. The molecule has 1 aliphatic rings. The van der Waals surface area contributed by atoms with E-state index in [1.807, 2.05) is 61.3 Å². The van der Waals surface area contributed by atoms with E-state index in [1.165, 1.54) is 0 Å². The Morgan fingerprint density at radius 2 is 1.97 bits per heavy atom. The monoisotopic (exact) mass is 470 g/mol. The second-order valence-corrected chi connectivity index (χ2v) is 9.33. The SMILES string of the molecule is CCn1cc(-c2ccc3ccc(C(=O)Cc4cnccc4N4C[C@@H](N)[C@H](O)[C@@H](C)C4)nc3c2)cn1. The largest absolute Gasteiger partial charge is 0.391 e. The molecule has 3 aromatic heterocycles. The minimum absolute atomic E-state index is 0.0382. The van der Waals surface area contributed by atoms with Crippen LogP contribution in [0.2, 0.25) is 0 Å². The summed E-state index contributed by atoms with van der Waals surface area (Å²) < 4.78 is 1.88. The van der Waals surface area contributed by atoms with Gasteiger partial charge in [-0.05, 0) is 30.7 Å². The molecule has 1 fully saturated rings. The number of Topliss-reactive ketones (excluding diaryl/α,β-unsaturated/α-hetero) is 1. The molecule has 4 aromatic rings. The third kappa shape index (κ3) is 4.67. The standard InChI is InChI=1S/C27H30N6O2/c1-3-33-15-21(13-30-33)19-5-4-18-6-7-23(31-24(18)10-19)26(34)11-20-12-29-9-8-25(20)32-14-17(2)27(35)22(28)16-32/h4-10,12-13,15,17,22,27,35H,3,11,14,16,28H2,1-2H3/t17-,22+,27+/m0/s1. The second-order valence-electron chi connectivity index (χ2n) is 9.33. The Morgan fingerprint density at radius 3 is 2.74 bits per heavy atom. The highest BCUT2D eigenvalue weighted by atomic mass is 16.3. The fourth-order valence-electron chi connectivity index (χ4n) is 4.78. The van der Waals surface area contributed by atoms with Gasteiger partial charge in [-0.1, -0.05) is 25.1 Å². The lowest BCUT2D eigenvalue weighted by Crippen LogP contribution is -2.55. The zero-order chi connectivity index (χ0) is 24.5. The molecule has 0 spiro atoms. The lowest BCUT2D eigenvalue weighted by molar-refractivity contribution is 0.0784. The smallest absolute Gasteiger partial charge is 0.185 e. The first-order valence-corrected chi connectivity index (χ1v) is 12.0. The van der Waals surface area contributed by atoms with Crippen molar-refractivity contribution in [2.24, 2.45) is 11.7 Å². The summed E-state index contributed by atoms with van der Waals surface area (Å²) in [6, 6.07) is 11.4. The number of carbonyl (C=O) groups is 1. The lowest BCUT2D eigenvalue weighted by Gasteiger charge is -2.40. The molecule has 35 heavy (non-hydrogen) atoms. The molecule has 0 aliphatic carbocycles. The van der Waals surface area contributed by atoms with Crippen molar-refractivity contribution < 1.29 is 9.90 Å². The molecule has 0 saturated carbocycles. The van der Waals surface area contributed by atoms with Crippen LogP contribution in [-0.4, -0.2) is 55.9 Å². The molecule has 0 bridgehead atoms. The number of aliphatic hydroxyl groups excluding tert-OH is 1. The number of benzene rings is 1. The normalized spacial score (nSPS) is 20.3. The maximum atomic E-state index is 13.3. The van der Waals surface area contributed by atoms with Gasteiger partial charge in [0.2, 0.25) is 0 Å². The van der Waals surface area contributed by atoms with Crippen LogP contribution < -0.4 is 10.6 Å². The number of aromatic nitrogens is 4. The van der Waals surface area contributed by atoms with Crippen LogP contribution in [0.5, 0.6) is 0 Å². The predicted molar refractivity (Wildman–Crippen MR) is 136 cm³/mol. The number of nitrogens with zero attached hydrogens (tertiary/aromatic N) is 5. The van der Waals surface area contributed by atoms with Crippen LogP contribution in [0.1, 0.15) is 29.9 Å². The molecule has 3 N–H and O–H groups in total. The van der Waals surface area contributed by atoms with Gasteiger partial charge in [0, 0.05) is 78.8 Å². The fraction of sp³-hybridized carbons (Fsp3) is 0.333. The number of nitrogens with two attached hydrogens (primary N) is 1.